The molecular weight excluding hydrogens is 405 g/mol. The summed E-state index contributed by atoms with van der Waals surface area (Å²) >= 11 is 5.63. The number of hydrogen-bond donors (Lipinski definition) is 1. The highest BCUT2D eigenvalue weighted by atomic mass is 127. The molecule has 0 radical (unpaired) electrons. The topological polar surface area (TPSA) is 29.1 Å². The SMILES string of the molecule is Cc1cc(NC(=O)c2cccc(I)c2)ccc1Br. The summed E-state index contributed by atoms with van der Waals surface area (Å²) in [6.45, 7) is 1.99. The van der Waals surface area contributed by atoms with Crippen molar-refractivity contribution in [3.8, 4) is 0 Å². The van der Waals surface area contributed by atoms with Crippen LogP contribution >= 0.6 is 38.5 Å². The lowest BCUT2D eigenvalue weighted by Gasteiger charge is -2.07. The molecule has 0 atom stereocenters. The largest absolute Gasteiger partial charge is 0.322 e. The molecule has 0 aliphatic carbocycles. The fourth-order valence-corrected chi connectivity index (χ4v) is 2.35. The maximum Gasteiger partial charge on any atom is 0.255 e. The second-order valence-corrected chi connectivity index (χ2v) is 6.03. The van der Waals surface area contributed by atoms with Gasteiger partial charge >= 0.3 is 0 Å². The molecule has 2 nitrogen and oxygen atoms in total. The lowest BCUT2D eigenvalue weighted by Crippen LogP contribution is -2.12. The first kappa shape index (κ1) is 13.5. The Bertz CT molecular complexity index is 598. The number of hydrogen-bond acceptors (Lipinski definition) is 1. The Morgan fingerprint density at radius 3 is 2.67 bits per heavy atom. The smallest absolute Gasteiger partial charge is 0.255 e. The monoisotopic (exact) mass is 415 g/mol. The van der Waals surface area contributed by atoms with E-state index in [1.165, 1.54) is 0 Å². The van der Waals surface area contributed by atoms with Gasteiger partial charge in [-0.1, -0.05) is 22.0 Å². The first-order chi connectivity index (χ1) is 8.56. The summed E-state index contributed by atoms with van der Waals surface area (Å²) in [5.74, 6) is -0.0877. The van der Waals surface area contributed by atoms with Crippen LogP contribution in [0, 0.1) is 10.5 Å². The Balaban J connectivity index is 2.18. The molecule has 0 fully saturated rings. The van der Waals surface area contributed by atoms with E-state index in [9.17, 15) is 4.79 Å². The van der Waals surface area contributed by atoms with Crippen LogP contribution in [0.15, 0.2) is 46.9 Å². The lowest BCUT2D eigenvalue weighted by molar-refractivity contribution is 0.102. The van der Waals surface area contributed by atoms with Gasteiger partial charge in [0.15, 0.2) is 0 Å². The summed E-state index contributed by atoms with van der Waals surface area (Å²) in [7, 11) is 0. The van der Waals surface area contributed by atoms with Crippen molar-refractivity contribution in [1.82, 2.24) is 0 Å². The zero-order valence-electron chi connectivity index (χ0n) is 9.71. The molecule has 4 heteroatoms. The maximum atomic E-state index is 12.0. The number of anilines is 1. The Morgan fingerprint density at radius 2 is 2.00 bits per heavy atom. The third kappa shape index (κ3) is 3.32. The fraction of sp³-hybridized carbons (Fsp3) is 0.0714. The van der Waals surface area contributed by atoms with Crippen molar-refractivity contribution in [2.24, 2.45) is 0 Å². The van der Waals surface area contributed by atoms with Gasteiger partial charge < -0.3 is 5.32 Å². The van der Waals surface area contributed by atoms with Gasteiger partial charge in [-0.15, -0.1) is 0 Å². The van der Waals surface area contributed by atoms with Crippen LogP contribution in [0.4, 0.5) is 5.69 Å². The predicted octanol–water partition coefficient (Wildman–Crippen LogP) is 4.61. The van der Waals surface area contributed by atoms with E-state index < -0.39 is 0 Å². The van der Waals surface area contributed by atoms with Gasteiger partial charge in [-0.25, -0.2) is 0 Å². The fourth-order valence-electron chi connectivity index (χ4n) is 1.56. The van der Waals surface area contributed by atoms with Gasteiger partial charge in [-0.3, -0.25) is 4.79 Å². The molecule has 1 N–H and O–H groups in total. The Labute approximate surface area is 128 Å². The average molecular weight is 416 g/mol. The van der Waals surface area contributed by atoms with Crippen molar-refractivity contribution in [3.63, 3.8) is 0 Å². The molecule has 92 valence electrons. The number of carbonyl (C=O) groups excluding carboxylic acids is 1. The Morgan fingerprint density at radius 1 is 1.22 bits per heavy atom. The number of rotatable bonds is 2. The summed E-state index contributed by atoms with van der Waals surface area (Å²) in [6, 6.07) is 13.3. The summed E-state index contributed by atoms with van der Waals surface area (Å²) in [6.07, 6.45) is 0. The third-order valence-electron chi connectivity index (χ3n) is 2.50. The molecule has 2 rings (SSSR count). The molecule has 0 aliphatic rings. The minimum Gasteiger partial charge on any atom is -0.322 e. The van der Waals surface area contributed by atoms with E-state index in [0.29, 0.717) is 5.56 Å². The van der Waals surface area contributed by atoms with Crippen molar-refractivity contribution >= 4 is 50.1 Å². The number of halogens is 2. The van der Waals surface area contributed by atoms with E-state index in [2.05, 4.69) is 43.8 Å². The molecule has 0 saturated heterocycles. The molecule has 1 amide bonds. The number of nitrogens with one attached hydrogen (secondary N) is 1. The number of carbonyl (C=O) groups is 1. The molecule has 0 heterocycles. The van der Waals surface area contributed by atoms with E-state index in [1.807, 2.05) is 49.4 Å². The van der Waals surface area contributed by atoms with E-state index in [1.54, 1.807) is 0 Å². The number of benzene rings is 2. The van der Waals surface area contributed by atoms with Gasteiger partial charge in [0.2, 0.25) is 0 Å². The number of amides is 1. The average Bonchev–Trinajstić information content (AvgIpc) is 2.34. The van der Waals surface area contributed by atoms with Gasteiger partial charge in [0.1, 0.15) is 0 Å². The van der Waals surface area contributed by atoms with Crippen molar-refractivity contribution in [3.05, 3.63) is 61.6 Å². The first-order valence-electron chi connectivity index (χ1n) is 5.39. The van der Waals surface area contributed by atoms with Crippen molar-refractivity contribution < 1.29 is 4.79 Å². The van der Waals surface area contributed by atoms with Crippen LogP contribution in [0.1, 0.15) is 15.9 Å². The highest BCUT2D eigenvalue weighted by molar-refractivity contribution is 14.1. The summed E-state index contributed by atoms with van der Waals surface area (Å²) in [5, 5.41) is 2.89. The second-order valence-electron chi connectivity index (χ2n) is 3.93. The summed E-state index contributed by atoms with van der Waals surface area (Å²) in [5.41, 5.74) is 2.57. The van der Waals surface area contributed by atoms with Crippen LogP contribution in [-0.2, 0) is 0 Å². The quantitative estimate of drug-likeness (QED) is 0.712. The molecule has 0 aromatic heterocycles. The zero-order chi connectivity index (χ0) is 13.1. The van der Waals surface area contributed by atoms with Crippen LogP contribution in [0.3, 0.4) is 0 Å². The van der Waals surface area contributed by atoms with Crippen LogP contribution in [0.2, 0.25) is 0 Å². The Kier molecular flexibility index (Phi) is 4.40. The molecule has 0 saturated carbocycles. The van der Waals surface area contributed by atoms with Crippen LogP contribution in [-0.4, -0.2) is 5.91 Å². The third-order valence-corrected chi connectivity index (χ3v) is 4.06. The van der Waals surface area contributed by atoms with Gasteiger partial charge in [-0.2, -0.15) is 0 Å². The Hall–Kier alpha value is -0.880. The lowest BCUT2D eigenvalue weighted by atomic mass is 10.2. The minimum atomic E-state index is -0.0877. The summed E-state index contributed by atoms with van der Waals surface area (Å²) < 4.78 is 2.09. The second kappa shape index (κ2) is 5.84. The molecular formula is C14H11BrINO. The normalized spacial score (nSPS) is 10.2. The van der Waals surface area contributed by atoms with Crippen LogP contribution in [0.25, 0.3) is 0 Å². The standard InChI is InChI=1S/C14H11BrINO/c1-9-7-12(5-6-13(9)15)17-14(18)10-3-2-4-11(16)8-10/h2-8H,1H3,(H,17,18). The number of aryl methyl sites for hydroxylation is 1. The van der Waals surface area contributed by atoms with Gasteiger partial charge in [0.25, 0.3) is 5.91 Å². The minimum absolute atomic E-state index is 0.0877. The van der Waals surface area contributed by atoms with Crippen LogP contribution < -0.4 is 5.32 Å². The summed E-state index contributed by atoms with van der Waals surface area (Å²) in [4.78, 5) is 12.0. The van der Waals surface area contributed by atoms with Crippen LogP contribution in [0.5, 0.6) is 0 Å². The van der Waals surface area contributed by atoms with Gasteiger partial charge in [0.05, 0.1) is 0 Å². The first-order valence-corrected chi connectivity index (χ1v) is 7.26. The molecule has 0 bridgehead atoms. The van der Waals surface area contributed by atoms with E-state index in [-0.39, 0.29) is 5.91 Å². The molecule has 2 aromatic rings. The van der Waals surface area contributed by atoms with E-state index in [0.717, 1.165) is 19.3 Å². The van der Waals surface area contributed by atoms with E-state index >= 15 is 0 Å². The maximum absolute atomic E-state index is 12.0. The van der Waals surface area contributed by atoms with E-state index in [4.69, 9.17) is 0 Å². The highest BCUT2D eigenvalue weighted by Gasteiger charge is 2.06. The van der Waals surface area contributed by atoms with Crippen molar-refractivity contribution in [1.29, 1.82) is 0 Å². The molecule has 0 spiro atoms. The van der Waals surface area contributed by atoms with Gasteiger partial charge in [0, 0.05) is 19.3 Å². The molecule has 0 aliphatic heterocycles. The molecule has 18 heavy (non-hydrogen) atoms. The highest BCUT2D eigenvalue weighted by Crippen LogP contribution is 2.20. The molecule has 0 unspecified atom stereocenters. The van der Waals surface area contributed by atoms with Crippen molar-refractivity contribution in [2.75, 3.05) is 5.32 Å². The molecule has 2 aromatic carbocycles. The van der Waals surface area contributed by atoms with Gasteiger partial charge in [-0.05, 0) is 71.5 Å². The van der Waals surface area contributed by atoms with Crippen molar-refractivity contribution in [2.45, 2.75) is 6.92 Å². The zero-order valence-corrected chi connectivity index (χ0v) is 13.4. The predicted molar refractivity (Wildman–Crippen MR) is 86.0 cm³/mol.